The number of aryl methyl sites for hydroxylation is 1. The van der Waals surface area contributed by atoms with Crippen LogP contribution in [0, 0.1) is 6.92 Å². The number of hydrogen-bond donors (Lipinski definition) is 3. The first-order chi connectivity index (χ1) is 7.49. The fourth-order valence-electron chi connectivity index (χ4n) is 1.39. The molecule has 2 heterocycles. The number of anilines is 1. The van der Waals surface area contributed by atoms with Crippen molar-refractivity contribution in [1.82, 2.24) is 15.0 Å². The smallest absolute Gasteiger partial charge is 0.260 e. The summed E-state index contributed by atoms with van der Waals surface area (Å²) in [5.74, 6) is -0.333. The molecule has 0 fully saturated rings. The number of primary amides is 1. The highest BCUT2D eigenvalue weighted by Crippen LogP contribution is 2.13. The van der Waals surface area contributed by atoms with Crippen LogP contribution in [0.15, 0.2) is 10.9 Å². The lowest BCUT2D eigenvalue weighted by atomic mass is 10.2. The topological polar surface area (TPSA) is 128 Å². The quantitative estimate of drug-likeness (QED) is 0.584. The third-order valence-electron chi connectivity index (χ3n) is 2.11. The zero-order valence-electron chi connectivity index (χ0n) is 8.44. The van der Waals surface area contributed by atoms with E-state index in [4.69, 9.17) is 11.5 Å². The summed E-state index contributed by atoms with van der Waals surface area (Å²) in [4.78, 5) is 32.9. The summed E-state index contributed by atoms with van der Waals surface area (Å²) in [6.07, 6.45) is 0. The molecule has 2 aromatic rings. The average Bonchev–Trinajstić information content (AvgIpc) is 2.15. The van der Waals surface area contributed by atoms with Gasteiger partial charge >= 0.3 is 0 Å². The van der Waals surface area contributed by atoms with Gasteiger partial charge in [0.2, 0.25) is 0 Å². The molecule has 7 heteroatoms. The van der Waals surface area contributed by atoms with E-state index in [1.165, 1.54) is 6.07 Å². The van der Waals surface area contributed by atoms with E-state index in [-0.39, 0.29) is 28.0 Å². The van der Waals surface area contributed by atoms with Crippen LogP contribution in [0.2, 0.25) is 0 Å². The number of aromatic amines is 1. The van der Waals surface area contributed by atoms with E-state index >= 15 is 0 Å². The van der Waals surface area contributed by atoms with Gasteiger partial charge in [-0.1, -0.05) is 0 Å². The summed E-state index contributed by atoms with van der Waals surface area (Å²) >= 11 is 0. The number of carbonyl (C=O) groups is 1. The minimum absolute atomic E-state index is 0.0173. The molecule has 0 radical (unpaired) electrons. The predicted octanol–water partition coefficient (Wildman–Crippen LogP) is -0.692. The number of pyridine rings is 1. The minimum atomic E-state index is -0.730. The van der Waals surface area contributed by atoms with Crippen molar-refractivity contribution in [2.24, 2.45) is 5.73 Å². The predicted molar refractivity (Wildman–Crippen MR) is 57.8 cm³/mol. The van der Waals surface area contributed by atoms with E-state index in [2.05, 4.69) is 15.0 Å². The van der Waals surface area contributed by atoms with Crippen LogP contribution in [0.25, 0.3) is 11.0 Å². The van der Waals surface area contributed by atoms with Crippen LogP contribution in [-0.4, -0.2) is 20.9 Å². The maximum atomic E-state index is 11.6. The summed E-state index contributed by atoms with van der Waals surface area (Å²) in [5.41, 5.74) is 10.5. The van der Waals surface area contributed by atoms with Gasteiger partial charge in [-0.2, -0.15) is 0 Å². The largest absolute Gasteiger partial charge is 0.383 e. The molecule has 0 aliphatic heterocycles. The molecule has 5 N–H and O–H groups in total. The van der Waals surface area contributed by atoms with Gasteiger partial charge in [-0.3, -0.25) is 9.59 Å². The number of amides is 1. The zero-order valence-corrected chi connectivity index (χ0v) is 8.44. The average molecular weight is 219 g/mol. The molecule has 7 nitrogen and oxygen atoms in total. The fraction of sp³-hybridized carbons (Fsp3) is 0.111. The Balaban J connectivity index is 2.90. The van der Waals surface area contributed by atoms with Crippen LogP contribution >= 0.6 is 0 Å². The molecule has 2 rings (SSSR count). The highest BCUT2D eigenvalue weighted by molar-refractivity contribution is 6.00. The van der Waals surface area contributed by atoms with Gasteiger partial charge in [-0.25, -0.2) is 9.97 Å². The molecule has 0 saturated carbocycles. The minimum Gasteiger partial charge on any atom is -0.383 e. The number of nitrogens with zero attached hydrogens (tertiary/aromatic N) is 2. The normalized spacial score (nSPS) is 10.6. The van der Waals surface area contributed by atoms with Crippen molar-refractivity contribution in [1.29, 1.82) is 0 Å². The molecule has 82 valence electrons. The van der Waals surface area contributed by atoms with Crippen molar-refractivity contribution >= 4 is 22.8 Å². The zero-order chi connectivity index (χ0) is 11.9. The third kappa shape index (κ3) is 1.48. The Morgan fingerprint density at radius 2 is 2.12 bits per heavy atom. The Bertz CT molecular complexity index is 646. The summed E-state index contributed by atoms with van der Waals surface area (Å²) in [7, 11) is 0. The molecular formula is C9H9N5O2. The lowest BCUT2D eigenvalue weighted by Gasteiger charge is -2.03. The van der Waals surface area contributed by atoms with Gasteiger partial charge in [-0.05, 0) is 13.0 Å². The lowest BCUT2D eigenvalue weighted by molar-refractivity contribution is 0.100. The maximum absolute atomic E-state index is 11.6. The molecule has 0 bridgehead atoms. The monoisotopic (exact) mass is 219 g/mol. The number of nitrogen functional groups attached to an aromatic ring is 1. The fourth-order valence-corrected chi connectivity index (χ4v) is 1.39. The Morgan fingerprint density at radius 3 is 2.75 bits per heavy atom. The van der Waals surface area contributed by atoms with Gasteiger partial charge in [0.05, 0.1) is 10.9 Å². The molecule has 0 spiro atoms. The number of nitrogens with two attached hydrogens (primary N) is 2. The summed E-state index contributed by atoms with van der Waals surface area (Å²) < 4.78 is 0. The van der Waals surface area contributed by atoms with E-state index in [9.17, 15) is 9.59 Å². The molecule has 0 aliphatic rings. The van der Waals surface area contributed by atoms with Crippen LogP contribution in [0.1, 0.15) is 16.2 Å². The van der Waals surface area contributed by atoms with Gasteiger partial charge < -0.3 is 16.5 Å². The molecular weight excluding hydrogens is 210 g/mol. The molecule has 16 heavy (non-hydrogen) atoms. The van der Waals surface area contributed by atoms with Crippen molar-refractivity contribution in [3.8, 4) is 0 Å². The molecule has 0 unspecified atom stereocenters. The van der Waals surface area contributed by atoms with Crippen molar-refractivity contribution in [2.45, 2.75) is 6.92 Å². The molecule has 0 aliphatic carbocycles. The standard InChI is InChI=1S/C9H9N5O2/c1-3-12-8-5(9(16)13-3)2-4(7(11)15)6(10)14-8/h2H,1H3,(H2,11,15)(H3,10,12,13,14,16). The highest BCUT2D eigenvalue weighted by atomic mass is 16.1. The van der Waals surface area contributed by atoms with E-state index in [1.807, 2.05) is 0 Å². The van der Waals surface area contributed by atoms with Crippen LogP contribution in [-0.2, 0) is 0 Å². The Hall–Kier alpha value is -2.44. The lowest BCUT2D eigenvalue weighted by Crippen LogP contribution is -2.17. The molecule has 1 amide bonds. The number of rotatable bonds is 1. The Labute approximate surface area is 89.5 Å². The molecule has 0 atom stereocenters. The SMILES string of the molecule is Cc1nc2nc(N)c(C(N)=O)cc2c(=O)[nH]1. The molecule has 0 aromatic carbocycles. The van der Waals surface area contributed by atoms with Gasteiger partial charge in [0.25, 0.3) is 11.5 Å². The molecule has 2 aromatic heterocycles. The van der Waals surface area contributed by atoms with E-state index in [0.29, 0.717) is 5.82 Å². The Morgan fingerprint density at radius 1 is 1.44 bits per heavy atom. The van der Waals surface area contributed by atoms with E-state index in [1.54, 1.807) is 6.92 Å². The number of nitrogens with one attached hydrogen (secondary N) is 1. The molecule has 0 saturated heterocycles. The summed E-state index contributed by atoms with van der Waals surface area (Å²) in [6, 6.07) is 1.30. The van der Waals surface area contributed by atoms with E-state index in [0.717, 1.165) is 0 Å². The second-order valence-electron chi connectivity index (χ2n) is 3.31. The summed E-state index contributed by atoms with van der Waals surface area (Å²) in [6.45, 7) is 1.63. The first kappa shape index (κ1) is 10.1. The van der Waals surface area contributed by atoms with Gasteiger partial charge in [0.1, 0.15) is 11.6 Å². The summed E-state index contributed by atoms with van der Waals surface area (Å²) in [5, 5.41) is 0.189. The number of carbonyl (C=O) groups excluding carboxylic acids is 1. The van der Waals surface area contributed by atoms with Gasteiger partial charge in [-0.15, -0.1) is 0 Å². The van der Waals surface area contributed by atoms with Crippen molar-refractivity contribution < 1.29 is 4.79 Å². The second-order valence-corrected chi connectivity index (χ2v) is 3.31. The highest BCUT2D eigenvalue weighted by Gasteiger charge is 2.12. The van der Waals surface area contributed by atoms with Crippen molar-refractivity contribution in [3.63, 3.8) is 0 Å². The van der Waals surface area contributed by atoms with Gasteiger partial charge in [0.15, 0.2) is 5.65 Å². The first-order valence-corrected chi connectivity index (χ1v) is 4.46. The van der Waals surface area contributed by atoms with Crippen molar-refractivity contribution in [3.05, 3.63) is 27.8 Å². The van der Waals surface area contributed by atoms with E-state index < -0.39 is 5.91 Å². The van der Waals surface area contributed by atoms with Crippen LogP contribution in [0.5, 0.6) is 0 Å². The number of H-pyrrole nitrogens is 1. The third-order valence-corrected chi connectivity index (χ3v) is 2.11. The first-order valence-electron chi connectivity index (χ1n) is 4.46. The van der Waals surface area contributed by atoms with Crippen LogP contribution in [0.4, 0.5) is 5.82 Å². The van der Waals surface area contributed by atoms with Crippen molar-refractivity contribution in [2.75, 3.05) is 5.73 Å². The maximum Gasteiger partial charge on any atom is 0.260 e. The second kappa shape index (κ2) is 3.30. The Kier molecular flexibility index (Phi) is 2.08. The van der Waals surface area contributed by atoms with Crippen LogP contribution < -0.4 is 17.0 Å². The van der Waals surface area contributed by atoms with Crippen LogP contribution in [0.3, 0.4) is 0 Å². The number of fused-ring (bicyclic) bond motifs is 1. The van der Waals surface area contributed by atoms with Gasteiger partial charge in [0, 0.05) is 0 Å². The number of aromatic nitrogens is 3. The number of hydrogen-bond acceptors (Lipinski definition) is 5.